The summed E-state index contributed by atoms with van der Waals surface area (Å²) in [7, 11) is 1.78. The molecule has 0 unspecified atom stereocenters. The molecule has 2 rings (SSSR count). The van der Waals surface area contributed by atoms with Crippen molar-refractivity contribution in [2.45, 2.75) is 26.9 Å². The van der Waals surface area contributed by atoms with E-state index in [9.17, 15) is 4.79 Å². The third-order valence-corrected chi connectivity index (χ3v) is 3.10. The largest absolute Gasteiger partial charge is 0.346 e. The SMILES string of the molecule is CCn1cc(Cl)c(CNC(=O)c2cn(C)nc2C)n1. The maximum Gasteiger partial charge on any atom is 0.255 e. The van der Waals surface area contributed by atoms with Gasteiger partial charge in [0, 0.05) is 26.0 Å². The van der Waals surface area contributed by atoms with E-state index in [4.69, 9.17) is 11.6 Å². The van der Waals surface area contributed by atoms with Crippen LogP contribution in [0.3, 0.4) is 0 Å². The molecule has 2 aromatic rings. The summed E-state index contributed by atoms with van der Waals surface area (Å²) >= 11 is 6.04. The molecule has 0 aliphatic carbocycles. The minimum absolute atomic E-state index is 0.173. The fourth-order valence-electron chi connectivity index (χ4n) is 1.80. The molecule has 0 spiro atoms. The van der Waals surface area contributed by atoms with Gasteiger partial charge in [-0.25, -0.2) is 0 Å². The van der Waals surface area contributed by atoms with Crippen LogP contribution in [0.15, 0.2) is 12.4 Å². The molecular weight excluding hydrogens is 266 g/mol. The van der Waals surface area contributed by atoms with Crippen LogP contribution in [0.4, 0.5) is 0 Å². The lowest BCUT2D eigenvalue weighted by Crippen LogP contribution is -2.23. The average Bonchev–Trinajstić information content (AvgIpc) is 2.89. The van der Waals surface area contributed by atoms with E-state index in [0.29, 0.717) is 28.5 Å². The summed E-state index contributed by atoms with van der Waals surface area (Å²) in [6.45, 7) is 4.83. The van der Waals surface area contributed by atoms with Crippen molar-refractivity contribution in [3.05, 3.63) is 34.4 Å². The van der Waals surface area contributed by atoms with Gasteiger partial charge in [-0.2, -0.15) is 10.2 Å². The van der Waals surface area contributed by atoms with E-state index in [1.165, 1.54) is 0 Å². The number of carbonyl (C=O) groups excluding carboxylic acids is 1. The molecule has 0 radical (unpaired) electrons. The minimum atomic E-state index is -0.173. The molecular formula is C12H16ClN5O. The Bertz CT molecular complexity index is 601. The van der Waals surface area contributed by atoms with Gasteiger partial charge in [-0.1, -0.05) is 11.6 Å². The third-order valence-electron chi connectivity index (χ3n) is 2.79. The summed E-state index contributed by atoms with van der Waals surface area (Å²) in [6, 6.07) is 0. The molecule has 19 heavy (non-hydrogen) atoms. The first-order chi connectivity index (χ1) is 9.01. The summed E-state index contributed by atoms with van der Waals surface area (Å²) in [5.74, 6) is -0.173. The van der Waals surface area contributed by atoms with Crippen molar-refractivity contribution in [3.8, 4) is 0 Å². The Hall–Kier alpha value is -1.82. The fourth-order valence-corrected chi connectivity index (χ4v) is 2.02. The first kappa shape index (κ1) is 13.6. The van der Waals surface area contributed by atoms with E-state index < -0.39 is 0 Å². The molecule has 102 valence electrons. The van der Waals surface area contributed by atoms with Crippen LogP contribution in [0.25, 0.3) is 0 Å². The standard InChI is InChI=1S/C12H16ClN5O/c1-4-18-7-10(13)11(16-18)5-14-12(19)9-6-17(3)15-8(9)2/h6-7H,4-5H2,1-3H3,(H,14,19). The monoisotopic (exact) mass is 281 g/mol. The number of aryl methyl sites for hydroxylation is 3. The molecule has 6 nitrogen and oxygen atoms in total. The predicted octanol–water partition coefficient (Wildman–Crippen LogP) is 1.53. The van der Waals surface area contributed by atoms with Gasteiger partial charge in [0.2, 0.25) is 0 Å². The summed E-state index contributed by atoms with van der Waals surface area (Å²) in [4.78, 5) is 12.0. The van der Waals surface area contributed by atoms with Crippen molar-refractivity contribution in [1.82, 2.24) is 24.9 Å². The van der Waals surface area contributed by atoms with Crippen molar-refractivity contribution in [1.29, 1.82) is 0 Å². The first-order valence-electron chi connectivity index (χ1n) is 6.01. The van der Waals surface area contributed by atoms with E-state index in [0.717, 1.165) is 6.54 Å². The number of aromatic nitrogens is 4. The van der Waals surface area contributed by atoms with Crippen molar-refractivity contribution >= 4 is 17.5 Å². The van der Waals surface area contributed by atoms with Crippen LogP contribution in [-0.4, -0.2) is 25.5 Å². The molecule has 0 saturated heterocycles. The number of carbonyl (C=O) groups is 1. The van der Waals surface area contributed by atoms with Gasteiger partial charge in [0.1, 0.15) is 5.69 Å². The molecule has 0 aliphatic rings. The van der Waals surface area contributed by atoms with Gasteiger partial charge < -0.3 is 5.32 Å². The number of amides is 1. The fraction of sp³-hybridized carbons (Fsp3) is 0.417. The van der Waals surface area contributed by atoms with Gasteiger partial charge in [0.25, 0.3) is 5.91 Å². The maximum absolute atomic E-state index is 12.0. The topological polar surface area (TPSA) is 64.7 Å². The highest BCUT2D eigenvalue weighted by Gasteiger charge is 2.13. The molecule has 0 atom stereocenters. The Morgan fingerprint density at radius 3 is 2.68 bits per heavy atom. The van der Waals surface area contributed by atoms with Gasteiger partial charge in [-0.05, 0) is 13.8 Å². The lowest BCUT2D eigenvalue weighted by molar-refractivity contribution is 0.0949. The maximum atomic E-state index is 12.0. The highest BCUT2D eigenvalue weighted by Crippen LogP contribution is 2.14. The van der Waals surface area contributed by atoms with Gasteiger partial charge in [-0.3, -0.25) is 14.2 Å². The molecule has 7 heteroatoms. The van der Waals surface area contributed by atoms with Crippen LogP contribution < -0.4 is 5.32 Å². The molecule has 0 saturated carbocycles. The molecule has 1 N–H and O–H groups in total. The summed E-state index contributed by atoms with van der Waals surface area (Å²) in [5.41, 5.74) is 1.93. The Kier molecular flexibility index (Phi) is 3.90. The van der Waals surface area contributed by atoms with Crippen molar-refractivity contribution in [3.63, 3.8) is 0 Å². The molecule has 2 aromatic heterocycles. The predicted molar refractivity (Wildman–Crippen MR) is 72.0 cm³/mol. The van der Waals surface area contributed by atoms with Gasteiger partial charge in [0.15, 0.2) is 0 Å². The smallest absolute Gasteiger partial charge is 0.255 e. The Morgan fingerprint density at radius 1 is 1.42 bits per heavy atom. The van der Waals surface area contributed by atoms with Gasteiger partial charge in [-0.15, -0.1) is 0 Å². The van der Waals surface area contributed by atoms with Crippen LogP contribution in [0.2, 0.25) is 5.02 Å². The second kappa shape index (κ2) is 5.44. The van der Waals surface area contributed by atoms with Crippen LogP contribution in [0.5, 0.6) is 0 Å². The second-order valence-electron chi connectivity index (χ2n) is 4.26. The Labute approximate surface area is 116 Å². The number of hydrogen-bond donors (Lipinski definition) is 1. The highest BCUT2D eigenvalue weighted by atomic mass is 35.5. The van der Waals surface area contributed by atoms with Gasteiger partial charge >= 0.3 is 0 Å². The van der Waals surface area contributed by atoms with E-state index >= 15 is 0 Å². The number of halogens is 1. The van der Waals surface area contributed by atoms with Crippen LogP contribution >= 0.6 is 11.6 Å². The normalized spacial score (nSPS) is 10.7. The summed E-state index contributed by atoms with van der Waals surface area (Å²) < 4.78 is 3.35. The molecule has 0 aromatic carbocycles. The zero-order valence-electron chi connectivity index (χ0n) is 11.1. The van der Waals surface area contributed by atoms with Crippen molar-refractivity contribution < 1.29 is 4.79 Å². The molecule has 0 aliphatic heterocycles. The zero-order chi connectivity index (χ0) is 14.0. The van der Waals surface area contributed by atoms with E-state index in [-0.39, 0.29) is 5.91 Å². The van der Waals surface area contributed by atoms with Crippen molar-refractivity contribution in [2.24, 2.45) is 7.05 Å². The molecule has 1 amide bonds. The lowest BCUT2D eigenvalue weighted by Gasteiger charge is -2.02. The summed E-state index contributed by atoms with van der Waals surface area (Å²) in [5, 5.41) is 11.8. The lowest BCUT2D eigenvalue weighted by atomic mass is 10.2. The van der Waals surface area contributed by atoms with Gasteiger partial charge in [0.05, 0.1) is 22.8 Å². The van der Waals surface area contributed by atoms with Crippen molar-refractivity contribution in [2.75, 3.05) is 0 Å². The highest BCUT2D eigenvalue weighted by molar-refractivity contribution is 6.31. The first-order valence-corrected chi connectivity index (χ1v) is 6.39. The summed E-state index contributed by atoms with van der Waals surface area (Å²) in [6.07, 6.45) is 3.44. The zero-order valence-corrected chi connectivity index (χ0v) is 11.9. The van der Waals surface area contributed by atoms with E-state index in [1.807, 2.05) is 6.92 Å². The van der Waals surface area contributed by atoms with E-state index in [2.05, 4.69) is 15.5 Å². The quantitative estimate of drug-likeness (QED) is 0.924. The molecule has 0 bridgehead atoms. The van der Waals surface area contributed by atoms with Crippen LogP contribution in [-0.2, 0) is 20.1 Å². The Balaban J connectivity index is 2.04. The number of nitrogens with one attached hydrogen (secondary N) is 1. The Morgan fingerprint density at radius 2 is 2.16 bits per heavy atom. The van der Waals surface area contributed by atoms with Crippen LogP contribution in [0, 0.1) is 6.92 Å². The average molecular weight is 282 g/mol. The number of hydrogen-bond acceptors (Lipinski definition) is 3. The second-order valence-corrected chi connectivity index (χ2v) is 4.67. The molecule has 2 heterocycles. The number of rotatable bonds is 4. The minimum Gasteiger partial charge on any atom is -0.346 e. The number of nitrogens with zero attached hydrogens (tertiary/aromatic N) is 4. The third kappa shape index (κ3) is 2.96. The molecule has 0 fully saturated rings. The van der Waals surface area contributed by atoms with Crippen LogP contribution in [0.1, 0.15) is 28.7 Å². The van der Waals surface area contributed by atoms with E-state index in [1.54, 1.807) is 35.7 Å².